The molecule has 0 amide bonds. The lowest BCUT2D eigenvalue weighted by Gasteiger charge is -2.42. The molecule has 1 N–H and O–H groups in total. The van der Waals surface area contributed by atoms with E-state index < -0.39 is 6.36 Å². The summed E-state index contributed by atoms with van der Waals surface area (Å²) in [6.45, 7) is 9.93. The minimum atomic E-state index is -4.74. The first-order chi connectivity index (χ1) is 10.6. The molecule has 1 aromatic rings. The molecule has 1 heterocycles. The molecule has 1 saturated heterocycles. The van der Waals surface area contributed by atoms with Gasteiger partial charge in [-0.05, 0) is 23.1 Å². The molecule has 24 heavy (non-hydrogen) atoms. The zero-order valence-corrected chi connectivity index (χ0v) is 15.5. The highest BCUT2D eigenvalue weighted by molar-refractivity contribution is 6.32. The number of rotatable bonds is 3. The topological polar surface area (TPSA) is 24.5 Å². The summed E-state index contributed by atoms with van der Waals surface area (Å²) >= 11 is 6.01. The number of halogens is 5. The Morgan fingerprint density at radius 1 is 1.17 bits per heavy atom. The molecule has 1 aromatic carbocycles. The second-order valence-electron chi connectivity index (χ2n) is 6.79. The van der Waals surface area contributed by atoms with Crippen molar-refractivity contribution in [3.63, 3.8) is 0 Å². The van der Waals surface area contributed by atoms with Crippen LogP contribution in [0, 0.1) is 5.41 Å². The third kappa shape index (κ3) is 5.69. The van der Waals surface area contributed by atoms with E-state index in [2.05, 4.69) is 35.7 Å². The number of hydrogen-bond donors (Lipinski definition) is 1. The lowest BCUT2D eigenvalue weighted by Crippen LogP contribution is -2.48. The minimum absolute atomic E-state index is 0. The first-order valence-electron chi connectivity index (χ1n) is 7.58. The number of ether oxygens (including phenoxy) is 1. The Hall–Kier alpha value is -0.690. The van der Waals surface area contributed by atoms with E-state index in [0.29, 0.717) is 0 Å². The maximum atomic E-state index is 12.4. The van der Waals surface area contributed by atoms with Crippen LogP contribution in [0.2, 0.25) is 5.02 Å². The van der Waals surface area contributed by atoms with Gasteiger partial charge in [-0.1, -0.05) is 38.4 Å². The van der Waals surface area contributed by atoms with Crippen molar-refractivity contribution in [2.75, 3.05) is 26.2 Å². The summed E-state index contributed by atoms with van der Waals surface area (Å²) in [4.78, 5) is 2.34. The van der Waals surface area contributed by atoms with Crippen LogP contribution in [0.3, 0.4) is 0 Å². The third-order valence-electron chi connectivity index (χ3n) is 3.83. The van der Waals surface area contributed by atoms with Gasteiger partial charge in [0.2, 0.25) is 0 Å². The van der Waals surface area contributed by atoms with E-state index >= 15 is 0 Å². The smallest absolute Gasteiger partial charge is 0.404 e. The van der Waals surface area contributed by atoms with Crippen molar-refractivity contribution in [2.45, 2.75) is 33.2 Å². The van der Waals surface area contributed by atoms with Crippen LogP contribution >= 0.6 is 24.0 Å². The van der Waals surface area contributed by atoms with Crippen LogP contribution < -0.4 is 10.1 Å². The summed E-state index contributed by atoms with van der Waals surface area (Å²) in [6.07, 6.45) is -4.74. The predicted molar refractivity (Wildman–Crippen MR) is 92.0 cm³/mol. The van der Waals surface area contributed by atoms with E-state index in [-0.39, 0.29) is 34.6 Å². The average molecular weight is 387 g/mol. The maximum absolute atomic E-state index is 12.4. The molecule has 1 aliphatic rings. The fraction of sp³-hybridized carbons (Fsp3) is 0.625. The van der Waals surface area contributed by atoms with Gasteiger partial charge < -0.3 is 10.1 Å². The van der Waals surface area contributed by atoms with Crippen molar-refractivity contribution in [3.05, 3.63) is 28.8 Å². The first kappa shape index (κ1) is 21.4. The molecule has 8 heteroatoms. The monoisotopic (exact) mass is 386 g/mol. The van der Waals surface area contributed by atoms with Gasteiger partial charge >= 0.3 is 6.36 Å². The second kappa shape index (κ2) is 8.13. The molecule has 138 valence electrons. The van der Waals surface area contributed by atoms with Crippen LogP contribution in [0.5, 0.6) is 5.75 Å². The van der Waals surface area contributed by atoms with Gasteiger partial charge in [-0.2, -0.15) is 0 Å². The number of piperazine rings is 1. The van der Waals surface area contributed by atoms with Gasteiger partial charge in [-0.3, -0.25) is 4.90 Å². The Kier molecular flexibility index (Phi) is 7.23. The molecule has 0 bridgehead atoms. The van der Waals surface area contributed by atoms with Crippen molar-refractivity contribution in [1.29, 1.82) is 0 Å². The summed E-state index contributed by atoms with van der Waals surface area (Å²) < 4.78 is 41.0. The van der Waals surface area contributed by atoms with Crippen LogP contribution in [-0.2, 0) is 0 Å². The molecular weight excluding hydrogens is 364 g/mol. The molecule has 0 unspecified atom stereocenters. The molecule has 1 aliphatic heterocycles. The number of nitrogens with one attached hydrogen (secondary N) is 1. The first-order valence-corrected chi connectivity index (χ1v) is 7.96. The Balaban J connectivity index is 0.00000288. The van der Waals surface area contributed by atoms with E-state index in [1.165, 1.54) is 6.07 Å². The van der Waals surface area contributed by atoms with Crippen LogP contribution in [0.25, 0.3) is 0 Å². The Labute approximate surface area is 151 Å². The quantitative estimate of drug-likeness (QED) is 0.817. The van der Waals surface area contributed by atoms with Gasteiger partial charge in [0.05, 0.1) is 5.02 Å². The number of hydrogen-bond acceptors (Lipinski definition) is 3. The summed E-state index contributed by atoms with van der Waals surface area (Å²) in [7, 11) is 0. The standard InChI is InChI=1S/C16H22ClF3N2O.ClH/c1-15(2,3)14(22-8-6-21-7-9-22)11-4-5-13(12(17)10-11)23-16(18,19)20;/h4-5,10,14,21H,6-9H2,1-3H3;1H/t14-;/m0./s1. The minimum Gasteiger partial charge on any atom is -0.404 e. The van der Waals surface area contributed by atoms with Gasteiger partial charge in [-0.15, -0.1) is 25.6 Å². The Morgan fingerprint density at radius 3 is 2.21 bits per heavy atom. The summed E-state index contributed by atoms with van der Waals surface area (Å²) in [5.41, 5.74) is 0.825. The van der Waals surface area contributed by atoms with E-state index in [1.54, 1.807) is 12.1 Å². The lowest BCUT2D eigenvalue weighted by molar-refractivity contribution is -0.274. The van der Waals surface area contributed by atoms with E-state index in [9.17, 15) is 13.2 Å². The van der Waals surface area contributed by atoms with Gasteiger partial charge in [0, 0.05) is 32.2 Å². The molecule has 0 aliphatic carbocycles. The number of nitrogens with zero attached hydrogens (tertiary/aromatic N) is 1. The molecule has 0 radical (unpaired) electrons. The van der Waals surface area contributed by atoms with E-state index in [1.807, 2.05) is 0 Å². The SMILES string of the molecule is CC(C)(C)[C@H](c1ccc(OC(F)(F)F)c(Cl)c1)N1CCNCC1.Cl. The van der Waals surface area contributed by atoms with Gasteiger partial charge in [0.15, 0.2) is 0 Å². The lowest BCUT2D eigenvalue weighted by atomic mass is 9.81. The van der Waals surface area contributed by atoms with Crippen molar-refractivity contribution >= 4 is 24.0 Å². The zero-order chi connectivity index (χ0) is 17.3. The predicted octanol–water partition coefficient (Wildman–Crippen LogP) is 4.65. The normalized spacial score (nSPS) is 18.0. The van der Waals surface area contributed by atoms with Crippen LogP contribution in [0.1, 0.15) is 32.4 Å². The highest BCUT2D eigenvalue weighted by Gasteiger charge is 2.35. The van der Waals surface area contributed by atoms with Crippen molar-refractivity contribution in [3.8, 4) is 5.75 Å². The zero-order valence-electron chi connectivity index (χ0n) is 13.9. The molecule has 0 spiro atoms. The molecular formula is C16H23Cl2F3N2O. The average Bonchev–Trinajstić information content (AvgIpc) is 2.40. The number of alkyl halides is 3. The highest BCUT2D eigenvalue weighted by Crippen LogP contribution is 2.41. The van der Waals surface area contributed by atoms with Crippen LogP contribution in [-0.4, -0.2) is 37.4 Å². The molecule has 1 atom stereocenters. The number of benzene rings is 1. The third-order valence-corrected chi connectivity index (χ3v) is 4.13. The molecule has 3 nitrogen and oxygen atoms in total. The van der Waals surface area contributed by atoms with Crippen molar-refractivity contribution in [1.82, 2.24) is 10.2 Å². The Morgan fingerprint density at radius 2 is 1.75 bits per heavy atom. The largest absolute Gasteiger partial charge is 0.573 e. The van der Waals surface area contributed by atoms with Gasteiger partial charge in [0.25, 0.3) is 0 Å². The van der Waals surface area contributed by atoms with Gasteiger partial charge in [-0.25, -0.2) is 0 Å². The van der Waals surface area contributed by atoms with Gasteiger partial charge in [0.1, 0.15) is 5.75 Å². The highest BCUT2D eigenvalue weighted by atomic mass is 35.5. The molecule has 2 rings (SSSR count). The van der Waals surface area contributed by atoms with Crippen LogP contribution in [0.15, 0.2) is 18.2 Å². The second-order valence-corrected chi connectivity index (χ2v) is 7.20. The molecule has 1 fully saturated rings. The fourth-order valence-electron chi connectivity index (χ4n) is 3.09. The van der Waals surface area contributed by atoms with E-state index in [4.69, 9.17) is 11.6 Å². The van der Waals surface area contributed by atoms with Crippen molar-refractivity contribution in [2.24, 2.45) is 5.41 Å². The fourth-order valence-corrected chi connectivity index (χ4v) is 3.32. The van der Waals surface area contributed by atoms with Crippen LogP contribution in [0.4, 0.5) is 13.2 Å². The summed E-state index contributed by atoms with van der Waals surface area (Å²) in [5, 5.41) is 3.28. The van der Waals surface area contributed by atoms with E-state index in [0.717, 1.165) is 31.7 Å². The summed E-state index contributed by atoms with van der Waals surface area (Å²) in [5.74, 6) is -0.365. The summed E-state index contributed by atoms with van der Waals surface area (Å²) in [6, 6.07) is 4.62. The Bertz CT molecular complexity index is 541. The molecule has 0 aromatic heterocycles. The van der Waals surface area contributed by atoms with Crippen molar-refractivity contribution < 1.29 is 17.9 Å². The molecule has 0 saturated carbocycles. The maximum Gasteiger partial charge on any atom is 0.573 e.